The van der Waals surface area contributed by atoms with Crippen molar-refractivity contribution in [3.8, 4) is 0 Å². The minimum absolute atomic E-state index is 0.332. The molecule has 4 heteroatoms. The molecule has 0 saturated heterocycles. The number of aryl methyl sites for hydroxylation is 1. The molecule has 0 fully saturated rings. The molecule has 0 atom stereocenters. The molecule has 0 unspecified atom stereocenters. The van der Waals surface area contributed by atoms with Gasteiger partial charge in [0, 0.05) is 11.1 Å². The van der Waals surface area contributed by atoms with E-state index in [9.17, 15) is 9.18 Å². The maximum absolute atomic E-state index is 12.8. The van der Waals surface area contributed by atoms with Crippen LogP contribution in [0.2, 0.25) is 0 Å². The van der Waals surface area contributed by atoms with Gasteiger partial charge in [0.05, 0.1) is 5.71 Å². The number of nitrogens with zero attached hydrogens (tertiary/aromatic N) is 1. The second kappa shape index (κ2) is 5.25. The lowest BCUT2D eigenvalue weighted by Gasteiger charge is -2.02. The van der Waals surface area contributed by atoms with Crippen LogP contribution in [0.3, 0.4) is 0 Å². The number of amides is 1. The van der Waals surface area contributed by atoms with Crippen LogP contribution < -0.4 is 5.43 Å². The van der Waals surface area contributed by atoms with Gasteiger partial charge >= 0.3 is 0 Å². The third-order valence-corrected chi connectivity index (χ3v) is 3.36. The predicted molar refractivity (Wildman–Crippen MR) is 75.2 cm³/mol. The highest BCUT2D eigenvalue weighted by Crippen LogP contribution is 2.21. The largest absolute Gasteiger partial charge is 0.271 e. The quantitative estimate of drug-likeness (QED) is 0.836. The van der Waals surface area contributed by atoms with Gasteiger partial charge in [0.2, 0.25) is 0 Å². The SMILES string of the molecule is O=C(N/N=C1/CCc2ccccc21)c1ccc(F)cc1. The van der Waals surface area contributed by atoms with Crippen molar-refractivity contribution in [1.82, 2.24) is 5.43 Å². The van der Waals surface area contributed by atoms with E-state index in [0.29, 0.717) is 5.56 Å². The number of benzene rings is 2. The Bertz CT molecular complexity index is 677. The number of fused-ring (bicyclic) bond motifs is 1. The van der Waals surface area contributed by atoms with Crippen LogP contribution in [0.1, 0.15) is 27.9 Å². The molecule has 1 N–H and O–H groups in total. The second-order valence-corrected chi connectivity index (χ2v) is 4.66. The molecular weight excluding hydrogens is 255 g/mol. The Morgan fingerprint density at radius 3 is 2.60 bits per heavy atom. The second-order valence-electron chi connectivity index (χ2n) is 4.66. The van der Waals surface area contributed by atoms with Crippen LogP contribution in [-0.2, 0) is 6.42 Å². The molecule has 20 heavy (non-hydrogen) atoms. The number of carbonyl (C=O) groups is 1. The van der Waals surface area contributed by atoms with Gasteiger partial charge in [-0.3, -0.25) is 4.79 Å². The zero-order chi connectivity index (χ0) is 13.9. The zero-order valence-corrected chi connectivity index (χ0v) is 10.8. The monoisotopic (exact) mass is 268 g/mol. The van der Waals surface area contributed by atoms with Crippen LogP contribution in [0, 0.1) is 5.82 Å². The smallest absolute Gasteiger partial charge is 0.267 e. The van der Waals surface area contributed by atoms with E-state index in [1.54, 1.807) is 0 Å². The summed E-state index contributed by atoms with van der Waals surface area (Å²) in [4.78, 5) is 11.9. The molecule has 3 nitrogen and oxygen atoms in total. The van der Waals surface area contributed by atoms with Gasteiger partial charge in [0.15, 0.2) is 0 Å². The molecule has 1 aliphatic rings. The normalized spacial score (nSPS) is 15.2. The fourth-order valence-electron chi connectivity index (χ4n) is 2.31. The number of carbonyl (C=O) groups excluding carboxylic acids is 1. The average Bonchev–Trinajstić information content (AvgIpc) is 2.89. The Balaban J connectivity index is 1.75. The highest BCUT2D eigenvalue weighted by Gasteiger charge is 2.17. The summed E-state index contributed by atoms with van der Waals surface area (Å²) in [5, 5.41) is 4.19. The van der Waals surface area contributed by atoms with E-state index in [2.05, 4.69) is 16.6 Å². The number of rotatable bonds is 2. The molecule has 0 radical (unpaired) electrons. The first-order valence-electron chi connectivity index (χ1n) is 6.45. The number of halogens is 1. The topological polar surface area (TPSA) is 41.5 Å². The van der Waals surface area contributed by atoms with Crippen molar-refractivity contribution in [1.29, 1.82) is 0 Å². The zero-order valence-electron chi connectivity index (χ0n) is 10.8. The Morgan fingerprint density at radius 2 is 1.80 bits per heavy atom. The first-order chi connectivity index (χ1) is 9.74. The molecule has 100 valence electrons. The van der Waals surface area contributed by atoms with Crippen molar-refractivity contribution in [3.63, 3.8) is 0 Å². The van der Waals surface area contributed by atoms with Crippen LogP contribution in [-0.4, -0.2) is 11.6 Å². The van der Waals surface area contributed by atoms with Gasteiger partial charge < -0.3 is 0 Å². The van der Waals surface area contributed by atoms with Gasteiger partial charge in [-0.2, -0.15) is 5.10 Å². The molecule has 0 aliphatic heterocycles. The first-order valence-corrected chi connectivity index (χ1v) is 6.45. The van der Waals surface area contributed by atoms with Crippen molar-refractivity contribution >= 4 is 11.6 Å². The van der Waals surface area contributed by atoms with E-state index < -0.39 is 0 Å². The standard InChI is InChI=1S/C16H13FN2O/c17-13-8-5-12(6-9-13)16(20)19-18-15-10-7-11-3-1-2-4-14(11)15/h1-6,8-9H,7,10H2,(H,19,20)/b18-15-. The van der Waals surface area contributed by atoms with Gasteiger partial charge in [0.25, 0.3) is 5.91 Å². The molecule has 0 spiro atoms. The number of hydrogen-bond donors (Lipinski definition) is 1. The third kappa shape index (κ3) is 2.45. The lowest BCUT2D eigenvalue weighted by molar-refractivity contribution is 0.0955. The summed E-state index contributed by atoms with van der Waals surface area (Å²) in [6.07, 6.45) is 1.77. The third-order valence-electron chi connectivity index (χ3n) is 3.36. The number of nitrogens with one attached hydrogen (secondary N) is 1. The van der Waals surface area contributed by atoms with Crippen molar-refractivity contribution in [2.75, 3.05) is 0 Å². The van der Waals surface area contributed by atoms with E-state index >= 15 is 0 Å². The average molecular weight is 268 g/mol. The van der Waals surface area contributed by atoms with Crippen LogP contribution in [0.25, 0.3) is 0 Å². The summed E-state index contributed by atoms with van der Waals surface area (Å²) >= 11 is 0. The molecule has 1 aliphatic carbocycles. The molecule has 3 rings (SSSR count). The van der Waals surface area contributed by atoms with Crippen LogP contribution >= 0.6 is 0 Å². The van der Waals surface area contributed by atoms with E-state index in [4.69, 9.17) is 0 Å². The van der Waals surface area contributed by atoms with Crippen molar-refractivity contribution in [2.24, 2.45) is 5.10 Å². The Labute approximate surface area is 116 Å². The van der Waals surface area contributed by atoms with Gasteiger partial charge in [-0.25, -0.2) is 9.82 Å². The molecule has 0 saturated carbocycles. The Hall–Kier alpha value is -2.49. The molecule has 0 aromatic heterocycles. The lowest BCUT2D eigenvalue weighted by Crippen LogP contribution is -2.19. The van der Waals surface area contributed by atoms with E-state index in [-0.39, 0.29) is 11.7 Å². The summed E-state index contributed by atoms with van der Waals surface area (Å²) in [5.74, 6) is -0.695. The summed E-state index contributed by atoms with van der Waals surface area (Å²) in [5.41, 5.74) is 6.15. The first kappa shape index (κ1) is 12.5. The molecular formula is C16H13FN2O. The fraction of sp³-hybridized carbons (Fsp3) is 0.125. The summed E-state index contributed by atoms with van der Waals surface area (Å²) < 4.78 is 12.8. The molecule has 0 bridgehead atoms. The van der Waals surface area contributed by atoms with Crippen molar-refractivity contribution < 1.29 is 9.18 Å². The maximum atomic E-state index is 12.8. The fourth-order valence-corrected chi connectivity index (χ4v) is 2.31. The van der Waals surface area contributed by atoms with Gasteiger partial charge in [-0.05, 0) is 42.7 Å². The van der Waals surface area contributed by atoms with Crippen molar-refractivity contribution in [2.45, 2.75) is 12.8 Å². The predicted octanol–water partition coefficient (Wildman–Crippen LogP) is 2.91. The van der Waals surface area contributed by atoms with Gasteiger partial charge in [-0.15, -0.1) is 0 Å². The van der Waals surface area contributed by atoms with Gasteiger partial charge in [0.1, 0.15) is 5.82 Å². The van der Waals surface area contributed by atoms with Crippen LogP contribution in [0.4, 0.5) is 4.39 Å². The molecule has 2 aromatic rings. The highest BCUT2D eigenvalue weighted by atomic mass is 19.1. The van der Waals surface area contributed by atoms with E-state index in [0.717, 1.165) is 24.1 Å². The Kier molecular flexibility index (Phi) is 3.29. The molecule has 0 heterocycles. The lowest BCUT2D eigenvalue weighted by atomic mass is 10.1. The van der Waals surface area contributed by atoms with Gasteiger partial charge in [-0.1, -0.05) is 24.3 Å². The van der Waals surface area contributed by atoms with E-state index in [1.165, 1.54) is 29.8 Å². The minimum atomic E-state index is -0.363. The summed E-state index contributed by atoms with van der Waals surface area (Å²) in [7, 11) is 0. The number of hydrogen-bond acceptors (Lipinski definition) is 2. The maximum Gasteiger partial charge on any atom is 0.271 e. The summed E-state index contributed by atoms with van der Waals surface area (Å²) in [6, 6.07) is 13.4. The van der Waals surface area contributed by atoms with Crippen LogP contribution in [0.15, 0.2) is 53.6 Å². The van der Waals surface area contributed by atoms with Crippen molar-refractivity contribution in [3.05, 3.63) is 71.0 Å². The molecule has 2 aromatic carbocycles. The molecule has 1 amide bonds. The Morgan fingerprint density at radius 1 is 1.05 bits per heavy atom. The number of hydrazone groups is 1. The minimum Gasteiger partial charge on any atom is -0.267 e. The van der Waals surface area contributed by atoms with Crippen LogP contribution in [0.5, 0.6) is 0 Å². The highest BCUT2D eigenvalue weighted by molar-refractivity contribution is 6.05. The van der Waals surface area contributed by atoms with E-state index in [1.807, 2.05) is 18.2 Å². The summed E-state index contributed by atoms with van der Waals surface area (Å²) in [6.45, 7) is 0.